The molecule has 2 aromatic heterocycles. The van der Waals surface area contributed by atoms with Crippen molar-refractivity contribution in [3.63, 3.8) is 0 Å². The van der Waals surface area contributed by atoms with Crippen molar-refractivity contribution in [3.05, 3.63) is 69.6 Å². The molecule has 0 bridgehead atoms. The van der Waals surface area contributed by atoms with E-state index >= 15 is 9.59 Å². The Bertz CT molecular complexity index is 2930. The first-order chi connectivity index (χ1) is 37.5. The molecule has 10 aliphatic rings. The highest BCUT2D eigenvalue weighted by molar-refractivity contribution is 6.02. The standard InChI is InChI=1S/C68H97N3O8/c1-60(2)59(79-60)50(74)34-61(3)22-17-43-37-70-55-45(30-41-29-44(42-15-11-9-12-16-42)32-46(31-41)68(77)26-28-78-67(40-68)20-13-10-14-21-67)38-71(56(43)55)39-48-53-54(61)49(73)35-64(53,6)63(5)23-19-51-62(4,25-27-69-8)52(75)36-66(24-18-47(72)33-66)65(51,7)58(63)57(48)76/h29,31-32,37-38,42,47-48,50-51,57-59,69-70,72,74,76-77H,9-28,30,33-36,39-40H2,1-8H3/t47-,48-,50-,51+,57-,58+,59-,61+,62+,63+,64+,65-,66-,68-/m1/s1. The molecule has 3 aromatic rings. The maximum atomic E-state index is 15.8. The third-order valence-electron chi connectivity index (χ3n) is 25.8. The summed E-state index contributed by atoms with van der Waals surface area (Å²) in [5, 5.41) is 54.6. The molecule has 8 fully saturated rings. The number of Topliss-reactive ketones (excluding diaryl/α,β-unsaturated/α-hetero) is 2. The second kappa shape index (κ2) is 18.9. The van der Waals surface area contributed by atoms with Crippen LogP contribution >= 0.6 is 0 Å². The molecule has 11 heteroatoms. The van der Waals surface area contributed by atoms with Crippen LogP contribution in [0.5, 0.6) is 0 Å². The fourth-order valence-corrected chi connectivity index (χ4v) is 21.5. The van der Waals surface area contributed by atoms with E-state index < -0.39 is 67.9 Å². The van der Waals surface area contributed by atoms with Gasteiger partial charge in [0.1, 0.15) is 11.9 Å². The molecule has 0 unspecified atom stereocenters. The van der Waals surface area contributed by atoms with Gasteiger partial charge in [-0.3, -0.25) is 9.59 Å². The number of aryl methyl sites for hydroxylation is 1. The number of rotatable bonds is 10. The van der Waals surface area contributed by atoms with Crippen molar-refractivity contribution in [2.45, 2.75) is 256 Å². The summed E-state index contributed by atoms with van der Waals surface area (Å²) in [6.07, 6.45) is 22.5. The van der Waals surface area contributed by atoms with Crippen molar-refractivity contribution in [2.75, 3.05) is 20.2 Å². The van der Waals surface area contributed by atoms with Gasteiger partial charge in [0.05, 0.1) is 52.8 Å². The number of epoxide rings is 1. The van der Waals surface area contributed by atoms with Crippen LogP contribution in [0.3, 0.4) is 0 Å². The summed E-state index contributed by atoms with van der Waals surface area (Å²) < 4.78 is 15.2. The average molecular weight is 1080 g/mol. The molecular formula is C68H97N3O8. The van der Waals surface area contributed by atoms with Crippen LogP contribution in [0.15, 0.2) is 41.7 Å². The largest absolute Gasteiger partial charge is 0.393 e. The number of aliphatic hydroxyl groups excluding tert-OH is 3. The molecule has 14 atom stereocenters. The maximum Gasteiger partial charge on any atom is 0.160 e. The highest BCUT2D eigenvalue weighted by Gasteiger charge is 2.77. The Morgan fingerprint density at radius 3 is 2.33 bits per heavy atom. The van der Waals surface area contributed by atoms with E-state index in [-0.39, 0.29) is 29.3 Å². The van der Waals surface area contributed by atoms with Crippen molar-refractivity contribution in [3.8, 4) is 0 Å². The van der Waals surface area contributed by atoms with Gasteiger partial charge < -0.3 is 44.8 Å². The van der Waals surface area contributed by atoms with Crippen LogP contribution in [0.25, 0.3) is 11.0 Å². The summed E-state index contributed by atoms with van der Waals surface area (Å²) in [6.45, 7) is 17.5. The van der Waals surface area contributed by atoms with E-state index in [1.54, 1.807) is 0 Å². The first-order valence-corrected chi connectivity index (χ1v) is 31.8. The van der Waals surface area contributed by atoms with Crippen molar-refractivity contribution >= 4 is 22.6 Å². The molecule has 13 rings (SSSR count). The Hall–Kier alpha value is -3.16. The number of nitrogens with one attached hydrogen (secondary N) is 2. The van der Waals surface area contributed by atoms with E-state index in [9.17, 15) is 20.4 Å². The van der Waals surface area contributed by atoms with Crippen molar-refractivity contribution in [2.24, 2.45) is 50.2 Å². The molecule has 0 radical (unpaired) electrons. The van der Waals surface area contributed by atoms with Crippen LogP contribution in [-0.2, 0) is 44.1 Å². The number of fused-ring (bicyclic) bond motifs is 5. The van der Waals surface area contributed by atoms with E-state index in [0.717, 1.165) is 85.7 Å². The minimum absolute atomic E-state index is 0.0111. The number of aromatic amines is 1. The number of carbonyl (C=O) groups excluding carboxylic acids is 2. The van der Waals surface area contributed by atoms with Crippen LogP contribution in [0.4, 0.5) is 0 Å². The summed E-state index contributed by atoms with van der Waals surface area (Å²) in [4.78, 5) is 34.6. The predicted octanol–water partition coefficient (Wildman–Crippen LogP) is 11.6. The molecule has 11 nitrogen and oxygen atoms in total. The van der Waals surface area contributed by atoms with Gasteiger partial charge in [-0.05, 0) is 184 Å². The molecular weight excluding hydrogens is 987 g/mol. The maximum absolute atomic E-state index is 15.8. The molecule has 79 heavy (non-hydrogen) atoms. The smallest absolute Gasteiger partial charge is 0.160 e. The number of carbonyl (C=O) groups is 2. The summed E-state index contributed by atoms with van der Waals surface area (Å²) in [7, 11) is 1.97. The second-order valence-electron chi connectivity index (χ2n) is 30.5. The number of ether oxygens (including phenoxy) is 2. The monoisotopic (exact) mass is 1080 g/mol. The summed E-state index contributed by atoms with van der Waals surface area (Å²) in [6, 6.07) is 7.15. The number of allylic oxidation sites excluding steroid dienone is 1. The summed E-state index contributed by atoms with van der Waals surface area (Å²) in [5.74, 6) is 0.217. The molecule has 6 saturated carbocycles. The molecule has 6 N–H and O–H groups in total. The van der Waals surface area contributed by atoms with Gasteiger partial charge in [-0.25, -0.2) is 0 Å². The molecule has 3 aliphatic heterocycles. The molecule has 1 aromatic carbocycles. The summed E-state index contributed by atoms with van der Waals surface area (Å²) in [5.41, 5.74) is 5.04. The van der Waals surface area contributed by atoms with Crippen molar-refractivity contribution < 1.29 is 39.5 Å². The second-order valence-corrected chi connectivity index (χ2v) is 30.5. The number of ketones is 2. The van der Waals surface area contributed by atoms with Gasteiger partial charge in [-0.2, -0.15) is 0 Å². The molecule has 2 saturated heterocycles. The van der Waals surface area contributed by atoms with E-state index in [1.165, 1.54) is 60.8 Å². The molecule has 2 spiro atoms. The lowest BCUT2D eigenvalue weighted by Crippen LogP contribution is -2.72. The number of benzene rings is 1. The molecule has 432 valence electrons. The number of hydrogen-bond acceptors (Lipinski definition) is 9. The first-order valence-electron chi connectivity index (χ1n) is 31.8. The average Bonchev–Trinajstić information content (AvgIpc) is 2.18. The Morgan fingerprint density at radius 1 is 0.873 bits per heavy atom. The lowest BCUT2D eigenvalue weighted by Gasteiger charge is -2.74. The van der Waals surface area contributed by atoms with Gasteiger partial charge in [0, 0.05) is 73.4 Å². The molecule has 5 heterocycles. The third-order valence-corrected chi connectivity index (χ3v) is 25.8. The van der Waals surface area contributed by atoms with Crippen molar-refractivity contribution in [1.82, 2.24) is 14.9 Å². The Labute approximate surface area is 471 Å². The zero-order valence-corrected chi connectivity index (χ0v) is 49.5. The fraction of sp³-hybridized carbons (Fsp3) is 0.765. The molecule has 0 amide bonds. The van der Waals surface area contributed by atoms with Crippen LogP contribution in [0.2, 0.25) is 0 Å². The lowest BCUT2D eigenvalue weighted by atomic mass is 9.30. The minimum Gasteiger partial charge on any atom is -0.393 e. The van der Waals surface area contributed by atoms with Crippen LogP contribution in [0.1, 0.15) is 223 Å². The van der Waals surface area contributed by atoms with E-state index in [2.05, 4.69) is 80.1 Å². The third kappa shape index (κ3) is 8.22. The van der Waals surface area contributed by atoms with Crippen LogP contribution < -0.4 is 5.32 Å². The highest BCUT2D eigenvalue weighted by Crippen LogP contribution is 2.80. The quantitative estimate of drug-likeness (QED) is 0.108. The predicted molar refractivity (Wildman–Crippen MR) is 308 cm³/mol. The number of H-pyrrole nitrogens is 1. The number of aliphatic hydroxyl groups is 4. The minimum atomic E-state index is -0.963. The van der Waals surface area contributed by atoms with E-state index in [0.29, 0.717) is 89.1 Å². The van der Waals surface area contributed by atoms with E-state index in [1.807, 2.05) is 20.9 Å². The van der Waals surface area contributed by atoms with Gasteiger partial charge in [0.25, 0.3) is 0 Å². The Morgan fingerprint density at radius 2 is 1.62 bits per heavy atom. The number of hydrogen-bond donors (Lipinski definition) is 6. The van der Waals surface area contributed by atoms with Crippen LogP contribution in [0, 0.1) is 50.2 Å². The zero-order chi connectivity index (χ0) is 55.5. The van der Waals surface area contributed by atoms with Crippen molar-refractivity contribution in [1.29, 1.82) is 0 Å². The topological polar surface area (TPSA) is 170 Å². The van der Waals surface area contributed by atoms with Gasteiger partial charge >= 0.3 is 0 Å². The SMILES string of the molecule is CNCC[C@]1(C)C(=O)C[C@]2(CC[C@@H](O)C2)[C@@]2(C)[C@H]3[C@H](O)[C@@H]4Cn5cc(Cc6cc(C7CCCCC7)cc([C@@]7(O)CCOC8(CCCCC8)C7)c6)c6[nH]cc(c65)CC[C@@](C)(C[C@@H](O)[C@H]5OC5(C)C)C5=C4[C@](C)(CC5=O)[C@@]3(C)CC[C@H]21. The Balaban J connectivity index is 0.961. The van der Waals surface area contributed by atoms with Gasteiger partial charge in [0.2, 0.25) is 0 Å². The summed E-state index contributed by atoms with van der Waals surface area (Å²) >= 11 is 0. The van der Waals surface area contributed by atoms with Crippen LogP contribution in [-0.4, -0.2) is 97.4 Å². The van der Waals surface area contributed by atoms with Gasteiger partial charge in [-0.15, -0.1) is 0 Å². The number of nitrogens with zero attached hydrogens (tertiary/aromatic N) is 1. The lowest BCUT2D eigenvalue weighted by molar-refractivity contribution is -0.262. The van der Waals surface area contributed by atoms with E-state index in [4.69, 9.17) is 9.47 Å². The number of aromatic nitrogens is 2. The highest BCUT2D eigenvalue weighted by atomic mass is 16.6. The van der Waals surface area contributed by atoms with Gasteiger partial charge in [0.15, 0.2) is 5.78 Å². The zero-order valence-electron chi connectivity index (χ0n) is 49.5. The van der Waals surface area contributed by atoms with Gasteiger partial charge in [-0.1, -0.05) is 91.3 Å². The Kier molecular flexibility index (Phi) is 13.2. The fourth-order valence-electron chi connectivity index (χ4n) is 21.5. The normalized spacial score (nSPS) is 42.1. The first kappa shape index (κ1) is 55.1. The molecule has 7 aliphatic carbocycles.